The van der Waals surface area contributed by atoms with Gasteiger partial charge in [-0.05, 0) is 31.2 Å². The first-order chi connectivity index (χ1) is 8.90. The Labute approximate surface area is 120 Å². The molecule has 1 unspecified atom stereocenters. The highest BCUT2D eigenvalue weighted by Gasteiger charge is 2.21. The quantitative estimate of drug-likeness (QED) is 0.907. The fraction of sp³-hybridized carbons (Fsp3) is 0.182. The van der Waals surface area contributed by atoms with Crippen molar-refractivity contribution in [3.05, 3.63) is 39.7 Å². The number of hydrogen-bond acceptors (Lipinski definition) is 5. The topological polar surface area (TPSA) is 85.1 Å². The molecule has 0 aromatic carbocycles. The van der Waals surface area contributed by atoms with Gasteiger partial charge in [0.2, 0.25) is 10.0 Å². The fourth-order valence-corrected chi connectivity index (χ4v) is 3.99. The van der Waals surface area contributed by atoms with Crippen LogP contribution in [0.4, 0.5) is 5.82 Å². The summed E-state index contributed by atoms with van der Waals surface area (Å²) in [7, 11) is -3.70. The Morgan fingerprint density at radius 1 is 1.42 bits per heavy atom. The van der Waals surface area contributed by atoms with E-state index in [1.807, 2.05) is 0 Å². The van der Waals surface area contributed by atoms with Crippen LogP contribution in [0.1, 0.15) is 17.8 Å². The third kappa shape index (κ3) is 3.24. The van der Waals surface area contributed by atoms with Crippen molar-refractivity contribution in [2.75, 3.05) is 5.73 Å². The van der Waals surface area contributed by atoms with Crippen LogP contribution < -0.4 is 10.5 Å². The zero-order chi connectivity index (χ0) is 14.0. The molecule has 2 rings (SSSR count). The number of sulfonamides is 1. The number of nitrogens with zero attached hydrogens (tertiary/aromatic N) is 1. The van der Waals surface area contributed by atoms with Gasteiger partial charge in [0.05, 0.1) is 10.4 Å². The first-order valence-electron chi connectivity index (χ1n) is 5.38. The minimum atomic E-state index is -3.70. The van der Waals surface area contributed by atoms with Gasteiger partial charge in [0, 0.05) is 11.1 Å². The van der Waals surface area contributed by atoms with Crippen molar-refractivity contribution in [2.45, 2.75) is 17.9 Å². The largest absolute Gasteiger partial charge is 0.383 e. The molecule has 0 aliphatic heterocycles. The molecule has 2 heterocycles. The first-order valence-corrected chi connectivity index (χ1v) is 8.06. The molecule has 2 aromatic heterocycles. The maximum Gasteiger partial charge on any atom is 0.244 e. The van der Waals surface area contributed by atoms with E-state index in [1.165, 1.54) is 29.7 Å². The molecule has 19 heavy (non-hydrogen) atoms. The summed E-state index contributed by atoms with van der Waals surface area (Å²) in [6.07, 6.45) is 1.44. The summed E-state index contributed by atoms with van der Waals surface area (Å²) in [6.45, 7) is 1.74. The predicted octanol–water partition coefficient (Wildman–Crippen LogP) is 2.42. The zero-order valence-corrected chi connectivity index (χ0v) is 12.4. The van der Waals surface area contributed by atoms with Crippen LogP contribution >= 0.6 is 22.9 Å². The van der Waals surface area contributed by atoms with E-state index in [2.05, 4.69) is 9.71 Å². The summed E-state index contributed by atoms with van der Waals surface area (Å²) in [5.41, 5.74) is 5.58. The average molecular weight is 318 g/mol. The fourth-order valence-electron chi connectivity index (χ4n) is 1.55. The number of halogens is 1. The van der Waals surface area contributed by atoms with E-state index >= 15 is 0 Å². The van der Waals surface area contributed by atoms with E-state index in [4.69, 9.17) is 17.3 Å². The van der Waals surface area contributed by atoms with Gasteiger partial charge in [-0.15, -0.1) is 11.3 Å². The molecular weight excluding hydrogens is 306 g/mol. The normalized spacial score (nSPS) is 13.4. The highest BCUT2D eigenvalue weighted by Crippen LogP contribution is 2.28. The molecule has 1 atom stereocenters. The Bertz CT molecular complexity index is 685. The van der Waals surface area contributed by atoms with Gasteiger partial charge in [-0.1, -0.05) is 11.6 Å². The van der Waals surface area contributed by atoms with E-state index in [0.29, 0.717) is 4.34 Å². The van der Waals surface area contributed by atoms with Crippen molar-refractivity contribution in [3.63, 3.8) is 0 Å². The number of nitrogens with two attached hydrogens (primary N) is 1. The van der Waals surface area contributed by atoms with Gasteiger partial charge >= 0.3 is 0 Å². The summed E-state index contributed by atoms with van der Waals surface area (Å²) in [5, 5.41) is 0. The third-order valence-corrected chi connectivity index (χ3v) is 5.44. The van der Waals surface area contributed by atoms with Crippen molar-refractivity contribution >= 4 is 38.8 Å². The Morgan fingerprint density at radius 2 is 2.16 bits per heavy atom. The Balaban J connectivity index is 2.25. The van der Waals surface area contributed by atoms with E-state index in [1.54, 1.807) is 19.1 Å². The third-order valence-electron chi connectivity index (χ3n) is 2.44. The molecule has 0 spiro atoms. The zero-order valence-electron chi connectivity index (χ0n) is 10.00. The van der Waals surface area contributed by atoms with Crippen molar-refractivity contribution in [2.24, 2.45) is 0 Å². The lowest BCUT2D eigenvalue weighted by molar-refractivity contribution is 0.568. The van der Waals surface area contributed by atoms with Crippen LogP contribution in [0.3, 0.4) is 0 Å². The summed E-state index contributed by atoms with van der Waals surface area (Å²) in [4.78, 5) is 4.58. The summed E-state index contributed by atoms with van der Waals surface area (Å²) in [5.74, 6) is -0.0218. The maximum absolute atomic E-state index is 12.2. The second-order valence-electron chi connectivity index (χ2n) is 3.87. The molecule has 5 nitrogen and oxygen atoms in total. The van der Waals surface area contributed by atoms with Crippen LogP contribution in [0, 0.1) is 0 Å². The monoisotopic (exact) mass is 317 g/mol. The van der Waals surface area contributed by atoms with Crippen LogP contribution in [-0.2, 0) is 10.0 Å². The number of nitrogens with one attached hydrogen (secondary N) is 1. The van der Waals surface area contributed by atoms with Crippen molar-refractivity contribution in [1.82, 2.24) is 9.71 Å². The Hall–Kier alpha value is -1.15. The van der Waals surface area contributed by atoms with E-state index in [9.17, 15) is 8.42 Å². The minimum absolute atomic E-state index is 0.0218. The molecule has 102 valence electrons. The van der Waals surface area contributed by atoms with Crippen LogP contribution in [0.5, 0.6) is 0 Å². The molecule has 8 heteroatoms. The second kappa shape index (κ2) is 5.46. The SMILES string of the molecule is CC(NS(=O)(=O)c1cccnc1N)c1ccc(Cl)s1. The first kappa shape index (κ1) is 14.3. The highest BCUT2D eigenvalue weighted by atomic mass is 35.5. The molecular formula is C11H12ClN3O2S2. The maximum atomic E-state index is 12.2. The molecule has 3 N–H and O–H groups in total. The number of hydrogen-bond donors (Lipinski definition) is 2. The van der Waals surface area contributed by atoms with E-state index in [-0.39, 0.29) is 16.8 Å². The predicted molar refractivity (Wildman–Crippen MR) is 76.7 cm³/mol. The standard InChI is InChI=1S/C11H12ClN3O2S2/c1-7(8-4-5-10(12)18-8)15-19(16,17)9-3-2-6-14-11(9)13/h2-7,15H,1H3,(H2,13,14). The van der Waals surface area contributed by atoms with Gasteiger partial charge in [-0.2, -0.15) is 0 Å². The van der Waals surface area contributed by atoms with Crippen molar-refractivity contribution in [1.29, 1.82) is 0 Å². The number of thiophene rings is 1. The molecule has 0 saturated heterocycles. The van der Waals surface area contributed by atoms with Gasteiger partial charge in [0.25, 0.3) is 0 Å². The highest BCUT2D eigenvalue weighted by molar-refractivity contribution is 7.89. The van der Waals surface area contributed by atoms with Gasteiger partial charge < -0.3 is 5.73 Å². The molecule has 0 radical (unpaired) electrons. The van der Waals surface area contributed by atoms with Gasteiger partial charge in [-0.3, -0.25) is 0 Å². The molecule has 2 aromatic rings. The average Bonchev–Trinajstić information content (AvgIpc) is 2.76. The van der Waals surface area contributed by atoms with Gasteiger partial charge in [0.1, 0.15) is 10.7 Å². The molecule has 0 fully saturated rings. The lowest BCUT2D eigenvalue weighted by Crippen LogP contribution is -2.27. The number of nitrogen functional groups attached to an aromatic ring is 1. The van der Waals surface area contributed by atoms with E-state index < -0.39 is 10.0 Å². The van der Waals surface area contributed by atoms with Crippen LogP contribution in [-0.4, -0.2) is 13.4 Å². The Morgan fingerprint density at radius 3 is 2.74 bits per heavy atom. The summed E-state index contributed by atoms with van der Waals surface area (Å²) < 4.78 is 27.5. The lowest BCUT2D eigenvalue weighted by atomic mass is 10.3. The number of rotatable bonds is 4. The number of pyridine rings is 1. The van der Waals surface area contributed by atoms with Crippen molar-refractivity contribution < 1.29 is 8.42 Å². The molecule has 0 aliphatic rings. The van der Waals surface area contributed by atoms with Crippen LogP contribution in [0.25, 0.3) is 0 Å². The smallest absolute Gasteiger partial charge is 0.244 e. The number of anilines is 1. The van der Waals surface area contributed by atoms with Crippen LogP contribution in [0.2, 0.25) is 4.34 Å². The molecule has 0 bridgehead atoms. The minimum Gasteiger partial charge on any atom is -0.383 e. The molecule has 0 amide bonds. The summed E-state index contributed by atoms with van der Waals surface area (Å²) in [6, 6.07) is 6.07. The second-order valence-corrected chi connectivity index (χ2v) is 7.30. The van der Waals surface area contributed by atoms with Crippen LogP contribution in [0.15, 0.2) is 35.4 Å². The van der Waals surface area contributed by atoms with Gasteiger partial charge in [0.15, 0.2) is 0 Å². The lowest BCUT2D eigenvalue weighted by Gasteiger charge is -2.13. The number of aromatic nitrogens is 1. The molecule has 0 aliphatic carbocycles. The summed E-state index contributed by atoms with van der Waals surface area (Å²) >= 11 is 7.16. The molecule has 0 saturated carbocycles. The Kier molecular flexibility index (Phi) is 4.10. The van der Waals surface area contributed by atoms with E-state index in [0.717, 1.165) is 4.88 Å². The van der Waals surface area contributed by atoms with Gasteiger partial charge in [-0.25, -0.2) is 18.1 Å². The van der Waals surface area contributed by atoms with Crippen molar-refractivity contribution in [3.8, 4) is 0 Å².